The van der Waals surface area contributed by atoms with E-state index in [-0.39, 0.29) is 17.3 Å². The lowest BCUT2D eigenvalue weighted by Gasteiger charge is -2.50. The molecule has 0 saturated carbocycles. The molecular formula is C50H87NO37S2. The zero-order valence-electron chi connectivity index (χ0n) is 48.5. The summed E-state index contributed by atoms with van der Waals surface area (Å²) in [5, 5.41) is 237. The van der Waals surface area contributed by atoms with Gasteiger partial charge in [0, 0.05) is 30.1 Å². The fourth-order valence-corrected chi connectivity index (χ4v) is 12.7. The lowest BCUT2D eigenvalue weighted by atomic mass is 9.95. The molecule has 0 aromatic carbocycles. The second kappa shape index (κ2) is 35.0. The molecule has 0 aromatic heterocycles. The molecule has 0 amide bonds. The van der Waals surface area contributed by atoms with Crippen LogP contribution < -0.4 is 5.73 Å². The molecule has 40 heteroatoms. The molecule has 526 valence electrons. The van der Waals surface area contributed by atoms with Crippen LogP contribution in [0.15, 0.2) is 0 Å². The zero-order valence-corrected chi connectivity index (χ0v) is 50.1. The van der Waals surface area contributed by atoms with E-state index in [4.69, 9.17) is 67.3 Å². The zero-order chi connectivity index (χ0) is 66.9. The predicted octanol–water partition coefficient (Wildman–Crippen LogP) is -13.3. The fraction of sp³-hybridized carbons (Fsp3) is 0.960. The van der Waals surface area contributed by atoms with Crippen LogP contribution in [0.1, 0.15) is 13.8 Å². The highest BCUT2D eigenvalue weighted by Gasteiger charge is 2.58. The number of aliphatic hydroxyl groups excluding tert-OH is 20. The highest BCUT2D eigenvalue weighted by molar-refractivity contribution is 7.99. The number of aliphatic carboxylic acids is 2. The van der Waals surface area contributed by atoms with E-state index >= 15 is 0 Å². The number of nitrogens with two attached hydrogens (primary N) is 1. The Kier molecular flexibility index (Phi) is 30.0. The number of carboxylic acids is 2. The van der Waals surface area contributed by atoms with Crippen LogP contribution in [0.2, 0.25) is 0 Å². The molecule has 15 unspecified atom stereocenters. The summed E-state index contributed by atoms with van der Waals surface area (Å²) < 4.78 is 74.2. The van der Waals surface area contributed by atoms with E-state index in [2.05, 4.69) is 0 Å². The molecule has 6 heterocycles. The number of hydrogen-bond donors (Lipinski definition) is 23. The number of carboxylic acid groups (broad SMARTS) is 2. The number of methoxy groups -OCH3 is 1. The Morgan fingerprint density at radius 2 is 0.744 bits per heavy atom. The van der Waals surface area contributed by atoms with Gasteiger partial charge < -0.3 is 180 Å². The van der Waals surface area contributed by atoms with Crippen molar-refractivity contribution in [2.24, 2.45) is 11.7 Å². The largest absolute Gasteiger partial charge is 0.481 e. The molecule has 0 bridgehead atoms. The first kappa shape index (κ1) is 77.3. The molecule has 0 spiro atoms. The van der Waals surface area contributed by atoms with Crippen LogP contribution >= 0.6 is 23.5 Å². The van der Waals surface area contributed by atoms with Gasteiger partial charge in [-0.25, -0.2) is 0 Å². The average Bonchev–Trinajstić information content (AvgIpc) is 0.855. The van der Waals surface area contributed by atoms with Gasteiger partial charge in [0.15, 0.2) is 37.7 Å². The molecule has 38 nitrogen and oxygen atoms in total. The van der Waals surface area contributed by atoms with Gasteiger partial charge in [-0.15, -0.1) is 0 Å². The minimum absolute atomic E-state index is 0.0662. The Bertz CT molecular complexity index is 2150. The standard InChI is InChI=1S/C50H87NO37S2/c1-13(43(72)73)9-89-11-21-24(59)25(60)31(66)45(81-21)84-38-17(5-53)78-47(33(68)27(38)62)86-40-19(7-55)80-49(35(70)29(40)64)88-42-22(12-90-10-15(51)44(74)75)82-50(36(71)30(42)65)87-41-20(8-56)79-48(34(69)28(41)63)85-39-18(6-54)77-46(32(67)26(39)61)83-37(16(4-52)76-3)23(58)14(2)57/h13-42,45-50,52-71H,4-12,51H2,1-3H3,(H,72,73)(H,74,75)/t13-,14?,15-,16?,17?,18?,19?,20?,21?,22?,23-,24-,25+,26?,27?,28?,29?,30-,31?,32+,33+,34+,35+,36?,37-,38-,39-,40-,41-,42-,45-,46-,47+,48-,49+,50?/m1/s1. The third kappa shape index (κ3) is 18.1. The second-order valence-electron chi connectivity index (χ2n) is 22.4. The van der Waals surface area contributed by atoms with Gasteiger partial charge in [-0.2, -0.15) is 23.5 Å². The van der Waals surface area contributed by atoms with Gasteiger partial charge in [0.2, 0.25) is 0 Å². The summed E-state index contributed by atoms with van der Waals surface area (Å²) >= 11 is 1.83. The predicted molar refractivity (Wildman–Crippen MR) is 290 cm³/mol. The van der Waals surface area contributed by atoms with Gasteiger partial charge >= 0.3 is 11.9 Å². The number of hydrogen-bond acceptors (Lipinski definition) is 38. The minimum Gasteiger partial charge on any atom is -0.481 e. The van der Waals surface area contributed by atoms with Crippen molar-refractivity contribution in [3.8, 4) is 0 Å². The van der Waals surface area contributed by atoms with Crippen molar-refractivity contribution in [1.29, 1.82) is 0 Å². The van der Waals surface area contributed by atoms with Crippen LogP contribution in [0, 0.1) is 5.92 Å². The maximum Gasteiger partial charge on any atom is 0.321 e. The van der Waals surface area contributed by atoms with E-state index < -0.39 is 271 Å². The fourth-order valence-electron chi connectivity index (χ4n) is 10.5. The van der Waals surface area contributed by atoms with E-state index in [1.165, 1.54) is 13.8 Å². The van der Waals surface area contributed by atoms with Gasteiger partial charge in [-0.1, -0.05) is 6.92 Å². The van der Waals surface area contributed by atoms with Gasteiger partial charge in [0.25, 0.3) is 0 Å². The van der Waals surface area contributed by atoms with E-state index in [1.54, 1.807) is 0 Å². The van der Waals surface area contributed by atoms with Crippen molar-refractivity contribution in [3.63, 3.8) is 0 Å². The molecule has 24 N–H and O–H groups in total. The molecule has 0 aliphatic carbocycles. The van der Waals surface area contributed by atoms with Crippen molar-refractivity contribution < 1.29 is 184 Å². The highest BCUT2D eigenvalue weighted by atomic mass is 32.2. The molecular weight excluding hydrogens is 1270 g/mol. The number of rotatable bonds is 31. The summed E-state index contributed by atoms with van der Waals surface area (Å²) in [5.41, 5.74) is 5.70. The topological polar surface area (TPSA) is 625 Å². The molecule has 0 aromatic rings. The van der Waals surface area contributed by atoms with Crippen LogP contribution in [-0.4, -0.2) is 402 Å². The lowest BCUT2D eigenvalue weighted by molar-refractivity contribution is -0.394. The molecule has 6 fully saturated rings. The number of carbonyl (C=O) groups is 2. The molecule has 6 aliphatic heterocycles. The summed E-state index contributed by atoms with van der Waals surface area (Å²) in [6.07, 6.45) is -64.6. The van der Waals surface area contributed by atoms with Crippen LogP contribution in [0.25, 0.3) is 0 Å². The van der Waals surface area contributed by atoms with E-state index in [0.717, 1.165) is 30.6 Å². The van der Waals surface area contributed by atoms with Crippen molar-refractivity contribution >= 4 is 35.5 Å². The van der Waals surface area contributed by atoms with Gasteiger partial charge in [-0.05, 0) is 6.92 Å². The van der Waals surface area contributed by atoms with E-state index in [0.29, 0.717) is 0 Å². The molecule has 0 radical (unpaired) electrons. The Morgan fingerprint density at radius 1 is 0.433 bits per heavy atom. The van der Waals surface area contributed by atoms with E-state index in [1.807, 2.05) is 0 Å². The number of thioether (sulfide) groups is 2. The van der Waals surface area contributed by atoms with Gasteiger partial charge in [0.1, 0.15) is 159 Å². The van der Waals surface area contributed by atoms with Crippen molar-refractivity contribution in [2.45, 2.75) is 229 Å². The highest BCUT2D eigenvalue weighted by Crippen LogP contribution is 2.38. The summed E-state index contributed by atoms with van der Waals surface area (Å²) in [6.45, 7) is -2.29. The Balaban J connectivity index is 1.12. The molecule has 6 aliphatic rings. The van der Waals surface area contributed by atoms with Crippen molar-refractivity contribution in [3.05, 3.63) is 0 Å². The monoisotopic (exact) mass is 1360 g/mol. The van der Waals surface area contributed by atoms with Crippen molar-refractivity contribution in [2.75, 3.05) is 63.2 Å². The molecule has 36 atom stereocenters. The third-order valence-electron chi connectivity index (χ3n) is 16.0. The first-order valence-corrected chi connectivity index (χ1v) is 30.8. The maximum atomic E-state index is 11.7. The maximum absolute atomic E-state index is 11.7. The molecule has 90 heavy (non-hydrogen) atoms. The molecule has 6 rings (SSSR count). The van der Waals surface area contributed by atoms with Gasteiger partial charge in [0.05, 0.1) is 57.3 Å². The third-order valence-corrected chi connectivity index (χ3v) is 18.4. The van der Waals surface area contributed by atoms with Gasteiger partial charge in [-0.3, -0.25) is 9.59 Å². The Labute approximate surface area is 520 Å². The summed E-state index contributed by atoms with van der Waals surface area (Å²) in [7, 11) is 1.14. The van der Waals surface area contributed by atoms with Crippen molar-refractivity contribution in [1.82, 2.24) is 0 Å². The number of aliphatic hydroxyl groups is 20. The van der Waals surface area contributed by atoms with Crippen LogP contribution in [0.5, 0.6) is 0 Å². The summed E-state index contributed by atoms with van der Waals surface area (Å²) in [6, 6.07) is -1.47. The lowest BCUT2D eigenvalue weighted by Crippen LogP contribution is -2.68. The second-order valence-corrected chi connectivity index (χ2v) is 24.6. The van der Waals surface area contributed by atoms with Crippen LogP contribution in [0.3, 0.4) is 0 Å². The first-order chi connectivity index (χ1) is 42.5. The summed E-state index contributed by atoms with van der Waals surface area (Å²) in [5.74, 6) is -4.09. The first-order valence-electron chi connectivity index (χ1n) is 28.5. The smallest absolute Gasteiger partial charge is 0.321 e. The normalized spacial score (nSPS) is 44.9. The Hall–Kier alpha value is -1.72. The average molecular weight is 1360 g/mol. The van der Waals surface area contributed by atoms with Crippen LogP contribution in [-0.2, 0) is 71.2 Å². The van der Waals surface area contributed by atoms with E-state index in [9.17, 15) is 122 Å². The Morgan fingerprint density at radius 3 is 1.08 bits per heavy atom. The summed E-state index contributed by atoms with van der Waals surface area (Å²) in [4.78, 5) is 22.9. The minimum atomic E-state index is -2.26. The number of ether oxygens (including phenoxy) is 13. The van der Waals surface area contributed by atoms with Crippen LogP contribution in [0.4, 0.5) is 0 Å². The quantitative estimate of drug-likeness (QED) is 0.0306. The molecule has 6 saturated heterocycles. The SMILES string of the molecule is COC(CO)[C@@H](O[C@H]1OC(CO)[C@@H](O[C@H]2OC(CO)[C@@H](OC3OC(CSC[C@@H](N)C(=O)O)[C@@H](O[C@@H]4OC(CO)[C@@H](O[C@@H]5OC(CO)[C@@H](O[C@H]6OC(CSC[C@@H](C)C(=O)O)[C@@H](O)[C@H](O)C6O)C(O)[C@@H]5O)C(O)[C@@H]4O)[C@H](O)C3O)C(O)[C@@H]2O)C(O)[C@@H]1O)[C@H](O)C(C)O.